The second-order valence-corrected chi connectivity index (χ2v) is 12.3. The molecule has 0 spiro atoms. The van der Waals surface area contributed by atoms with Crippen LogP contribution in [-0.2, 0) is 15.7 Å². The predicted octanol–water partition coefficient (Wildman–Crippen LogP) is 6.17. The SMILES string of the molecule is Cc1ccc(NC(=O)c2ccnc(C(F)(F)F)c2)cc1-c1cnc(C#CC2CCN(C(=O)OC(C)(C)C)C2)c(N2CCOCC2)c1. The molecule has 2 fully saturated rings. The van der Waals surface area contributed by atoms with Crippen LogP contribution in [0.5, 0.6) is 0 Å². The van der Waals surface area contributed by atoms with Crippen LogP contribution >= 0.6 is 0 Å². The number of carbonyl (C=O) groups is 2. The summed E-state index contributed by atoms with van der Waals surface area (Å²) in [6, 6.07) is 9.27. The lowest BCUT2D eigenvalue weighted by molar-refractivity contribution is -0.141. The quantitative estimate of drug-likeness (QED) is 0.343. The fourth-order valence-corrected chi connectivity index (χ4v) is 5.22. The number of hydrogen-bond donors (Lipinski definition) is 1. The average molecular weight is 636 g/mol. The first-order valence-corrected chi connectivity index (χ1v) is 15.0. The molecule has 2 aromatic heterocycles. The number of amides is 2. The number of ether oxygens (including phenoxy) is 2. The van der Waals surface area contributed by atoms with Crippen LogP contribution in [-0.4, -0.2) is 71.9 Å². The fraction of sp³-hybridized carbons (Fsp3) is 0.412. The number of pyridine rings is 2. The molecule has 0 saturated carbocycles. The largest absolute Gasteiger partial charge is 0.444 e. The zero-order valence-electron chi connectivity index (χ0n) is 26.2. The van der Waals surface area contributed by atoms with Crippen LogP contribution in [0.1, 0.15) is 54.5 Å². The Bertz CT molecular complexity index is 1670. The summed E-state index contributed by atoms with van der Waals surface area (Å²) in [6.45, 7) is 11.0. The number of rotatable bonds is 4. The normalized spacial score (nSPS) is 16.9. The number of benzene rings is 1. The molecule has 0 bridgehead atoms. The van der Waals surface area contributed by atoms with E-state index >= 15 is 0 Å². The molecule has 2 aliphatic rings. The summed E-state index contributed by atoms with van der Waals surface area (Å²) in [5.74, 6) is 5.88. The number of morpholine rings is 1. The zero-order chi connectivity index (χ0) is 33.1. The highest BCUT2D eigenvalue weighted by atomic mass is 19.4. The van der Waals surface area contributed by atoms with Gasteiger partial charge in [-0.05, 0) is 81.5 Å². The summed E-state index contributed by atoms with van der Waals surface area (Å²) in [6.07, 6.45) is -1.57. The minimum Gasteiger partial charge on any atom is -0.444 e. The average Bonchev–Trinajstić information content (AvgIpc) is 3.50. The second kappa shape index (κ2) is 13.4. The van der Waals surface area contributed by atoms with Gasteiger partial charge in [-0.3, -0.25) is 9.78 Å². The molecule has 2 amide bonds. The molecule has 4 heterocycles. The first kappa shape index (κ1) is 32.8. The Balaban J connectivity index is 1.39. The van der Waals surface area contributed by atoms with E-state index in [0.717, 1.165) is 41.1 Å². The van der Waals surface area contributed by atoms with Gasteiger partial charge in [0, 0.05) is 61.3 Å². The van der Waals surface area contributed by atoms with Gasteiger partial charge in [0.25, 0.3) is 5.91 Å². The van der Waals surface area contributed by atoms with Crippen molar-refractivity contribution in [3.05, 3.63) is 71.3 Å². The topological polar surface area (TPSA) is 96.9 Å². The van der Waals surface area contributed by atoms with Gasteiger partial charge in [-0.15, -0.1) is 0 Å². The van der Waals surface area contributed by atoms with Crippen molar-refractivity contribution in [3.63, 3.8) is 0 Å². The molecule has 9 nitrogen and oxygen atoms in total. The first-order valence-electron chi connectivity index (χ1n) is 15.0. The van der Waals surface area contributed by atoms with Gasteiger partial charge in [0.1, 0.15) is 17.0 Å². The number of nitrogens with one attached hydrogen (secondary N) is 1. The minimum absolute atomic E-state index is 0.0123. The summed E-state index contributed by atoms with van der Waals surface area (Å²) in [7, 11) is 0. The van der Waals surface area contributed by atoms with Gasteiger partial charge in [0.15, 0.2) is 0 Å². The highest BCUT2D eigenvalue weighted by molar-refractivity contribution is 6.04. The molecule has 5 rings (SSSR count). The number of aromatic nitrogens is 2. The third-order valence-corrected chi connectivity index (χ3v) is 7.57. The molecular weight excluding hydrogens is 599 g/mol. The van der Waals surface area contributed by atoms with Crippen LogP contribution in [0.25, 0.3) is 11.1 Å². The van der Waals surface area contributed by atoms with Crippen molar-refractivity contribution in [2.24, 2.45) is 5.92 Å². The van der Waals surface area contributed by atoms with E-state index in [2.05, 4.69) is 27.0 Å². The van der Waals surface area contributed by atoms with E-state index < -0.39 is 23.4 Å². The molecule has 1 N–H and O–H groups in total. The van der Waals surface area contributed by atoms with Gasteiger partial charge in [0.05, 0.1) is 18.9 Å². The molecule has 1 unspecified atom stereocenters. The van der Waals surface area contributed by atoms with Crippen LogP contribution in [0.3, 0.4) is 0 Å². The number of nitrogens with zero attached hydrogens (tertiary/aromatic N) is 4. The van der Waals surface area contributed by atoms with E-state index in [1.165, 1.54) is 6.07 Å². The molecule has 2 aliphatic heterocycles. The predicted molar refractivity (Wildman–Crippen MR) is 167 cm³/mol. The highest BCUT2D eigenvalue weighted by Crippen LogP contribution is 2.32. The van der Waals surface area contributed by atoms with Crippen LogP contribution in [0.15, 0.2) is 48.8 Å². The van der Waals surface area contributed by atoms with Gasteiger partial charge in [0.2, 0.25) is 0 Å². The van der Waals surface area contributed by atoms with E-state index in [1.54, 1.807) is 23.2 Å². The Morgan fingerprint density at radius 3 is 2.52 bits per heavy atom. The van der Waals surface area contributed by atoms with Gasteiger partial charge in [-0.2, -0.15) is 13.2 Å². The maximum atomic E-state index is 13.1. The van der Waals surface area contributed by atoms with E-state index in [1.807, 2.05) is 39.8 Å². The molecule has 242 valence electrons. The van der Waals surface area contributed by atoms with Crippen molar-refractivity contribution < 1.29 is 32.2 Å². The maximum absolute atomic E-state index is 13.1. The van der Waals surface area contributed by atoms with Crippen molar-refractivity contribution in [3.8, 4) is 23.0 Å². The van der Waals surface area contributed by atoms with Gasteiger partial charge in [-0.1, -0.05) is 12.0 Å². The molecule has 1 aromatic carbocycles. The molecule has 0 aliphatic carbocycles. The molecule has 1 atom stereocenters. The maximum Gasteiger partial charge on any atom is 0.433 e. The van der Waals surface area contributed by atoms with E-state index in [4.69, 9.17) is 14.5 Å². The lowest BCUT2D eigenvalue weighted by Crippen LogP contribution is -2.36. The molecule has 3 aromatic rings. The standard InChI is InChI=1S/C34H36F3N5O4/c1-22-5-7-26(40-31(43)24-9-11-38-30(18-24)34(35,36)37)19-27(22)25-17-29(41-13-15-45-16-14-41)28(39-20-25)8-6-23-10-12-42(21-23)32(44)46-33(2,3)4/h5,7,9,11,17-20,23H,10,12-16,21H2,1-4H3,(H,40,43). The Kier molecular flexibility index (Phi) is 9.53. The minimum atomic E-state index is -4.66. The van der Waals surface area contributed by atoms with Crippen LogP contribution < -0.4 is 10.2 Å². The first-order chi connectivity index (χ1) is 21.8. The van der Waals surface area contributed by atoms with Crippen LogP contribution in [0.4, 0.5) is 29.3 Å². The second-order valence-electron chi connectivity index (χ2n) is 12.3. The highest BCUT2D eigenvalue weighted by Gasteiger charge is 2.33. The van der Waals surface area contributed by atoms with E-state index in [-0.39, 0.29) is 17.6 Å². The van der Waals surface area contributed by atoms with Crippen molar-refractivity contribution >= 4 is 23.4 Å². The van der Waals surface area contributed by atoms with Crippen molar-refractivity contribution in [2.75, 3.05) is 49.6 Å². The van der Waals surface area contributed by atoms with Crippen molar-refractivity contribution in [1.29, 1.82) is 0 Å². The number of carbonyl (C=O) groups excluding carboxylic acids is 2. The van der Waals surface area contributed by atoms with Crippen molar-refractivity contribution in [1.82, 2.24) is 14.9 Å². The molecule has 0 radical (unpaired) electrons. The summed E-state index contributed by atoms with van der Waals surface area (Å²) in [5.41, 5.74) is 2.54. The van der Waals surface area contributed by atoms with E-state index in [0.29, 0.717) is 50.8 Å². The molecular formula is C34H36F3N5O4. The Labute approximate surface area is 266 Å². The number of halogens is 3. The van der Waals surface area contributed by atoms with Crippen LogP contribution in [0, 0.1) is 24.7 Å². The lowest BCUT2D eigenvalue weighted by Gasteiger charge is -2.29. The van der Waals surface area contributed by atoms with Crippen LogP contribution in [0.2, 0.25) is 0 Å². The third kappa shape index (κ3) is 8.14. The van der Waals surface area contributed by atoms with Gasteiger partial charge < -0.3 is 24.6 Å². The zero-order valence-corrected chi connectivity index (χ0v) is 26.2. The van der Waals surface area contributed by atoms with E-state index in [9.17, 15) is 22.8 Å². The molecule has 12 heteroatoms. The Morgan fingerprint density at radius 1 is 1.04 bits per heavy atom. The molecule has 2 saturated heterocycles. The number of alkyl halides is 3. The number of aryl methyl sites for hydroxylation is 1. The fourth-order valence-electron chi connectivity index (χ4n) is 5.22. The summed E-state index contributed by atoms with van der Waals surface area (Å²) in [4.78, 5) is 37.3. The number of hydrogen-bond acceptors (Lipinski definition) is 7. The summed E-state index contributed by atoms with van der Waals surface area (Å²) < 4.78 is 50.4. The number of likely N-dealkylation sites (tertiary alicyclic amines) is 1. The summed E-state index contributed by atoms with van der Waals surface area (Å²) >= 11 is 0. The smallest absolute Gasteiger partial charge is 0.433 e. The third-order valence-electron chi connectivity index (χ3n) is 7.57. The van der Waals surface area contributed by atoms with Gasteiger partial charge in [-0.25, -0.2) is 9.78 Å². The van der Waals surface area contributed by atoms with Crippen molar-refractivity contribution in [2.45, 2.75) is 45.9 Å². The Morgan fingerprint density at radius 2 is 1.80 bits per heavy atom. The molecule has 46 heavy (non-hydrogen) atoms. The Hall–Kier alpha value is -4.63. The lowest BCUT2D eigenvalue weighted by atomic mass is 10.00. The summed E-state index contributed by atoms with van der Waals surface area (Å²) in [5, 5.41) is 2.70. The number of anilines is 2. The monoisotopic (exact) mass is 635 g/mol. The van der Waals surface area contributed by atoms with Gasteiger partial charge >= 0.3 is 12.3 Å².